The molecule has 0 saturated carbocycles. The van der Waals surface area contributed by atoms with Crippen molar-refractivity contribution in [3.05, 3.63) is 41.5 Å². The van der Waals surface area contributed by atoms with Gasteiger partial charge in [-0.15, -0.1) is 0 Å². The third-order valence-corrected chi connectivity index (χ3v) is 2.94. The summed E-state index contributed by atoms with van der Waals surface area (Å²) in [6.45, 7) is 2.34. The van der Waals surface area contributed by atoms with E-state index in [0.29, 0.717) is 17.9 Å². The van der Waals surface area contributed by atoms with Gasteiger partial charge >= 0.3 is 0 Å². The van der Waals surface area contributed by atoms with E-state index in [1.165, 1.54) is 6.33 Å². The van der Waals surface area contributed by atoms with Gasteiger partial charge in [0.25, 0.3) is 5.91 Å². The van der Waals surface area contributed by atoms with Gasteiger partial charge in [-0.2, -0.15) is 5.10 Å². The molecule has 1 amide bonds. The minimum Gasteiger partial charge on any atom is -0.388 e. The van der Waals surface area contributed by atoms with Crippen LogP contribution in [-0.2, 0) is 6.54 Å². The summed E-state index contributed by atoms with van der Waals surface area (Å²) >= 11 is 0. The van der Waals surface area contributed by atoms with Crippen molar-refractivity contribution in [1.29, 1.82) is 0 Å². The fraction of sp³-hybridized carbons (Fsp3) is 0.308. The molecule has 6 nitrogen and oxygen atoms in total. The molecule has 100 valence electrons. The van der Waals surface area contributed by atoms with Crippen LogP contribution in [0.15, 0.2) is 24.5 Å². The number of aryl methyl sites for hydroxylation is 1. The Bertz CT molecular complexity index is 564. The van der Waals surface area contributed by atoms with E-state index in [0.717, 1.165) is 11.3 Å². The maximum Gasteiger partial charge on any atom is 0.254 e. The zero-order valence-electron chi connectivity index (χ0n) is 11.3. The number of rotatable bonds is 4. The average Bonchev–Trinajstić information content (AvgIpc) is 2.90. The van der Waals surface area contributed by atoms with Crippen molar-refractivity contribution in [1.82, 2.24) is 20.1 Å². The molecule has 0 aliphatic rings. The van der Waals surface area contributed by atoms with E-state index >= 15 is 0 Å². The Kier molecular flexibility index (Phi) is 3.79. The molecule has 0 saturated heterocycles. The molecule has 2 N–H and O–H groups in total. The van der Waals surface area contributed by atoms with E-state index in [1.54, 1.807) is 11.9 Å². The van der Waals surface area contributed by atoms with Crippen LogP contribution in [0.4, 0.5) is 5.69 Å². The predicted octanol–water partition coefficient (Wildman–Crippen LogP) is 1.43. The Morgan fingerprint density at radius 1 is 1.47 bits per heavy atom. The maximum absolute atomic E-state index is 12.3. The molecule has 0 spiro atoms. The van der Waals surface area contributed by atoms with Crippen LogP contribution in [0.25, 0.3) is 0 Å². The number of amides is 1. The second-order valence-corrected chi connectivity index (χ2v) is 4.37. The SMILES string of the molecule is CNc1ccc(C(=O)N(C)Cc2ncn[nH]2)c(C)c1. The summed E-state index contributed by atoms with van der Waals surface area (Å²) in [6.07, 6.45) is 1.43. The van der Waals surface area contributed by atoms with E-state index in [1.807, 2.05) is 32.2 Å². The van der Waals surface area contributed by atoms with Crippen LogP contribution in [0, 0.1) is 6.92 Å². The number of benzene rings is 1. The zero-order valence-corrected chi connectivity index (χ0v) is 11.3. The first-order valence-corrected chi connectivity index (χ1v) is 6.00. The quantitative estimate of drug-likeness (QED) is 0.871. The summed E-state index contributed by atoms with van der Waals surface area (Å²) < 4.78 is 0. The second kappa shape index (κ2) is 5.51. The first-order chi connectivity index (χ1) is 9.11. The van der Waals surface area contributed by atoms with Crippen molar-refractivity contribution in [2.45, 2.75) is 13.5 Å². The van der Waals surface area contributed by atoms with Gasteiger partial charge in [-0.05, 0) is 30.7 Å². The highest BCUT2D eigenvalue weighted by Crippen LogP contribution is 2.16. The molecule has 0 aliphatic carbocycles. The molecule has 19 heavy (non-hydrogen) atoms. The minimum absolute atomic E-state index is 0.0310. The number of nitrogens with one attached hydrogen (secondary N) is 2. The van der Waals surface area contributed by atoms with Crippen LogP contribution in [-0.4, -0.2) is 40.1 Å². The summed E-state index contributed by atoms with van der Waals surface area (Å²) in [7, 11) is 3.60. The van der Waals surface area contributed by atoms with Crippen LogP contribution >= 0.6 is 0 Å². The van der Waals surface area contributed by atoms with Gasteiger partial charge in [0, 0.05) is 25.3 Å². The standard InChI is InChI=1S/C13H17N5O/c1-9-6-10(14-2)4-5-11(9)13(19)18(3)7-12-15-8-16-17-12/h4-6,8,14H,7H2,1-3H3,(H,15,16,17). The molecule has 0 radical (unpaired) electrons. The Morgan fingerprint density at radius 2 is 2.26 bits per heavy atom. The minimum atomic E-state index is -0.0310. The number of nitrogens with zero attached hydrogens (tertiary/aromatic N) is 3. The Morgan fingerprint density at radius 3 is 2.84 bits per heavy atom. The molecule has 6 heteroatoms. The van der Waals surface area contributed by atoms with E-state index < -0.39 is 0 Å². The van der Waals surface area contributed by atoms with Gasteiger partial charge in [-0.1, -0.05) is 0 Å². The molecular weight excluding hydrogens is 242 g/mol. The van der Waals surface area contributed by atoms with Crippen molar-refractivity contribution in [2.75, 3.05) is 19.4 Å². The smallest absolute Gasteiger partial charge is 0.254 e. The first kappa shape index (κ1) is 13.1. The molecule has 0 atom stereocenters. The van der Waals surface area contributed by atoms with Crippen LogP contribution < -0.4 is 5.32 Å². The summed E-state index contributed by atoms with van der Waals surface area (Å²) in [5.74, 6) is 0.636. The highest BCUT2D eigenvalue weighted by molar-refractivity contribution is 5.95. The van der Waals surface area contributed by atoms with Crippen LogP contribution in [0.5, 0.6) is 0 Å². The largest absolute Gasteiger partial charge is 0.388 e. The highest BCUT2D eigenvalue weighted by Gasteiger charge is 2.15. The zero-order chi connectivity index (χ0) is 13.8. The molecule has 1 aromatic heterocycles. The number of carbonyl (C=O) groups excluding carboxylic acids is 1. The van der Waals surface area contributed by atoms with Crippen molar-refractivity contribution >= 4 is 11.6 Å². The van der Waals surface area contributed by atoms with Crippen LogP contribution in [0.1, 0.15) is 21.7 Å². The molecule has 1 aromatic carbocycles. The van der Waals surface area contributed by atoms with Crippen LogP contribution in [0.2, 0.25) is 0 Å². The monoisotopic (exact) mass is 259 g/mol. The summed E-state index contributed by atoms with van der Waals surface area (Å²) in [6, 6.07) is 5.68. The lowest BCUT2D eigenvalue weighted by Gasteiger charge is -2.17. The van der Waals surface area contributed by atoms with Crippen molar-refractivity contribution in [2.24, 2.45) is 0 Å². The molecule has 0 unspecified atom stereocenters. The lowest BCUT2D eigenvalue weighted by atomic mass is 10.1. The molecule has 0 bridgehead atoms. The number of carbonyl (C=O) groups is 1. The average molecular weight is 259 g/mol. The summed E-state index contributed by atoms with van der Waals surface area (Å²) in [5.41, 5.74) is 2.63. The van der Waals surface area contributed by atoms with Gasteiger partial charge in [-0.25, -0.2) is 4.98 Å². The van der Waals surface area contributed by atoms with Crippen molar-refractivity contribution in [3.8, 4) is 0 Å². The number of aromatic nitrogens is 3. The van der Waals surface area contributed by atoms with Crippen molar-refractivity contribution in [3.63, 3.8) is 0 Å². The Balaban J connectivity index is 2.14. The Hall–Kier alpha value is -2.37. The van der Waals surface area contributed by atoms with Gasteiger partial charge in [-0.3, -0.25) is 9.89 Å². The van der Waals surface area contributed by atoms with Gasteiger partial charge in [0.05, 0.1) is 6.54 Å². The lowest BCUT2D eigenvalue weighted by molar-refractivity contribution is 0.0781. The second-order valence-electron chi connectivity index (χ2n) is 4.37. The number of anilines is 1. The van der Waals surface area contributed by atoms with Gasteiger partial charge in [0.15, 0.2) is 0 Å². The predicted molar refractivity (Wildman–Crippen MR) is 72.9 cm³/mol. The van der Waals surface area contributed by atoms with Gasteiger partial charge in [0.2, 0.25) is 0 Å². The first-order valence-electron chi connectivity index (χ1n) is 6.00. The third-order valence-electron chi connectivity index (χ3n) is 2.94. The molecular formula is C13H17N5O. The van der Waals surface area contributed by atoms with E-state index in [-0.39, 0.29) is 5.91 Å². The summed E-state index contributed by atoms with van der Waals surface area (Å²) in [5, 5.41) is 9.56. The molecule has 0 aliphatic heterocycles. The number of H-pyrrole nitrogens is 1. The van der Waals surface area contributed by atoms with Gasteiger partial charge in [0.1, 0.15) is 12.2 Å². The number of aromatic amines is 1. The highest BCUT2D eigenvalue weighted by atomic mass is 16.2. The summed E-state index contributed by atoms with van der Waals surface area (Å²) in [4.78, 5) is 18.0. The van der Waals surface area contributed by atoms with E-state index in [4.69, 9.17) is 0 Å². The topological polar surface area (TPSA) is 73.9 Å². The molecule has 1 heterocycles. The normalized spacial score (nSPS) is 10.3. The van der Waals surface area contributed by atoms with Gasteiger partial charge < -0.3 is 10.2 Å². The number of hydrogen-bond donors (Lipinski definition) is 2. The fourth-order valence-electron chi connectivity index (χ4n) is 1.87. The van der Waals surface area contributed by atoms with E-state index in [2.05, 4.69) is 20.5 Å². The number of hydrogen-bond acceptors (Lipinski definition) is 4. The maximum atomic E-state index is 12.3. The molecule has 2 aromatic rings. The molecule has 0 fully saturated rings. The van der Waals surface area contributed by atoms with Crippen molar-refractivity contribution < 1.29 is 4.79 Å². The van der Waals surface area contributed by atoms with Crippen LogP contribution in [0.3, 0.4) is 0 Å². The lowest BCUT2D eigenvalue weighted by Crippen LogP contribution is -2.27. The fourth-order valence-corrected chi connectivity index (χ4v) is 1.87. The molecule has 2 rings (SSSR count). The van der Waals surface area contributed by atoms with E-state index in [9.17, 15) is 4.79 Å². The third kappa shape index (κ3) is 2.90. The Labute approximate surface area is 111 Å².